The van der Waals surface area contributed by atoms with Crippen molar-refractivity contribution < 1.29 is 0 Å². The number of para-hydroxylation sites is 1. The van der Waals surface area contributed by atoms with Gasteiger partial charge >= 0.3 is 0 Å². The Bertz CT molecular complexity index is 1110. The summed E-state index contributed by atoms with van der Waals surface area (Å²) in [5.41, 5.74) is 8.09. The maximum Gasteiger partial charge on any atom is 0.232 e. The lowest BCUT2D eigenvalue weighted by Crippen LogP contribution is -2.24. The monoisotopic (exact) mass is 384 g/mol. The SMILES string of the molecule is CC(c1nc(N)nc(Nc2ccccc2)n1)N(C)Cc1ccc2ccccc2c1. The number of hydrogen-bond donors (Lipinski definition) is 2. The lowest BCUT2D eigenvalue weighted by Gasteiger charge is -2.24. The first-order valence-electron chi connectivity index (χ1n) is 9.60. The third-order valence-corrected chi connectivity index (χ3v) is 4.98. The van der Waals surface area contributed by atoms with Crippen LogP contribution >= 0.6 is 0 Å². The summed E-state index contributed by atoms with van der Waals surface area (Å²) in [4.78, 5) is 15.4. The second-order valence-electron chi connectivity index (χ2n) is 7.14. The van der Waals surface area contributed by atoms with E-state index in [4.69, 9.17) is 5.73 Å². The molecule has 0 radical (unpaired) electrons. The maximum atomic E-state index is 5.95. The third kappa shape index (κ3) is 4.50. The molecule has 1 atom stereocenters. The molecule has 29 heavy (non-hydrogen) atoms. The number of nitrogens with two attached hydrogens (primary N) is 1. The first-order chi connectivity index (χ1) is 14.1. The van der Waals surface area contributed by atoms with E-state index in [1.54, 1.807) is 0 Å². The number of nitrogens with one attached hydrogen (secondary N) is 1. The zero-order chi connectivity index (χ0) is 20.2. The van der Waals surface area contributed by atoms with Gasteiger partial charge in [-0.05, 0) is 48.5 Å². The normalized spacial score (nSPS) is 12.2. The molecule has 1 aromatic heterocycles. The van der Waals surface area contributed by atoms with Crippen LogP contribution in [0.3, 0.4) is 0 Å². The number of nitrogens with zero attached hydrogens (tertiary/aromatic N) is 4. The van der Waals surface area contributed by atoms with E-state index in [1.807, 2.05) is 30.3 Å². The van der Waals surface area contributed by atoms with Gasteiger partial charge in [-0.1, -0.05) is 54.6 Å². The standard InChI is InChI=1S/C23H24N6/c1-16(29(2)15-17-12-13-18-8-6-7-9-19(18)14-17)21-26-22(24)28-23(27-21)25-20-10-4-3-5-11-20/h3-14,16H,15H2,1-2H3,(H3,24,25,26,27,28). The molecule has 4 rings (SSSR count). The summed E-state index contributed by atoms with van der Waals surface area (Å²) in [5, 5.41) is 5.67. The highest BCUT2D eigenvalue weighted by Crippen LogP contribution is 2.22. The van der Waals surface area contributed by atoms with Crippen LogP contribution in [0.15, 0.2) is 72.8 Å². The quantitative estimate of drug-likeness (QED) is 0.508. The van der Waals surface area contributed by atoms with E-state index >= 15 is 0 Å². The summed E-state index contributed by atoms with van der Waals surface area (Å²) in [7, 11) is 2.06. The van der Waals surface area contributed by atoms with E-state index in [2.05, 4.69) is 81.6 Å². The molecule has 0 aliphatic heterocycles. The fraction of sp³-hybridized carbons (Fsp3) is 0.174. The summed E-state index contributed by atoms with van der Waals surface area (Å²) >= 11 is 0. The van der Waals surface area contributed by atoms with Gasteiger partial charge in [0.25, 0.3) is 0 Å². The van der Waals surface area contributed by atoms with Crippen LogP contribution in [0.1, 0.15) is 24.4 Å². The molecule has 0 amide bonds. The van der Waals surface area contributed by atoms with E-state index in [0.29, 0.717) is 11.8 Å². The summed E-state index contributed by atoms with van der Waals surface area (Å²) in [6, 6.07) is 24.7. The maximum absolute atomic E-state index is 5.95. The Balaban J connectivity index is 1.52. The summed E-state index contributed by atoms with van der Waals surface area (Å²) < 4.78 is 0. The van der Waals surface area contributed by atoms with Gasteiger partial charge in [-0.2, -0.15) is 15.0 Å². The molecule has 0 saturated heterocycles. The van der Waals surface area contributed by atoms with Crippen LogP contribution in [0.25, 0.3) is 10.8 Å². The van der Waals surface area contributed by atoms with Gasteiger partial charge < -0.3 is 11.1 Å². The van der Waals surface area contributed by atoms with Crippen LogP contribution in [0, 0.1) is 0 Å². The van der Waals surface area contributed by atoms with Gasteiger partial charge in [-0.3, -0.25) is 4.90 Å². The van der Waals surface area contributed by atoms with Crippen molar-refractivity contribution in [3.8, 4) is 0 Å². The van der Waals surface area contributed by atoms with Crippen LogP contribution in [-0.4, -0.2) is 26.9 Å². The molecule has 0 bridgehead atoms. The van der Waals surface area contributed by atoms with Crippen LogP contribution < -0.4 is 11.1 Å². The highest BCUT2D eigenvalue weighted by molar-refractivity contribution is 5.82. The topological polar surface area (TPSA) is 80.0 Å². The van der Waals surface area contributed by atoms with Gasteiger partial charge in [0.1, 0.15) is 0 Å². The number of nitrogen functional groups attached to an aromatic ring is 1. The van der Waals surface area contributed by atoms with Gasteiger partial charge in [-0.25, -0.2) is 0 Å². The molecule has 0 spiro atoms. The average Bonchev–Trinajstić information content (AvgIpc) is 2.73. The van der Waals surface area contributed by atoms with Crippen LogP contribution in [0.2, 0.25) is 0 Å². The Kier molecular flexibility index (Phi) is 5.35. The highest BCUT2D eigenvalue weighted by atomic mass is 15.2. The van der Waals surface area contributed by atoms with Crippen molar-refractivity contribution in [3.05, 3.63) is 84.2 Å². The molecule has 3 aromatic carbocycles. The van der Waals surface area contributed by atoms with Gasteiger partial charge in [0, 0.05) is 12.2 Å². The molecule has 0 aliphatic carbocycles. The van der Waals surface area contributed by atoms with Crippen molar-refractivity contribution in [1.82, 2.24) is 19.9 Å². The minimum absolute atomic E-state index is 0.0249. The van der Waals surface area contributed by atoms with Crippen LogP contribution in [-0.2, 0) is 6.54 Å². The minimum Gasteiger partial charge on any atom is -0.368 e. The molecule has 1 heterocycles. The zero-order valence-electron chi connectivity index (χ0n) is 16.6. The zero-order valence-corrected chi connectivity index (χ0v) is 16.6. The molecule has 0 fully saturated rings. The second-order valence-corrected chi connectivity index (χ2v) is 7.14. The number of aromatic nitrogens is 3. The van der Waals surface area contributed by atoms with Gasteiger partial charge in [0.2, 0.25) is 11.9 Å². The predicted octanol–water partition coefficient (Wildman–Crippen LogP) is 4.54. The lowest BCUT2D eigenvalue weighted by atomic mass is 10.1. The average molecular weight is 384 g/mol. The fourth-order valence-corrected chi connectivity index (χ4v) is 3.26. The van der Waals surface area contributed by atoms with Gasteiger partial charge in [-0.15, -0.1) is 0 Å². The van der Waals surface area contributed by atoms with E-state index in [9.17, 15) is 0 Å². The first kappa shape index (κ1) is 18.8. The number of benzene rings is 3. The molecule has 4 aromatic rings. The fourth-order valence-electron chi connectivity index (χ4n) is 3.26. The molecule has 6 nitrogen and oxygen atoms in total. The molecule has 0 saturated carbocycles. The van der Waals surface area contributed by atoms with Gasteiger partial charge in [0.15, 0.2) is 5.82 Å². The minimum atomic E-state index is -0.0249. The molecule has 6 heteroatoms. The molecule has 1 unspecified atom stereocenters. The Hall–Kier alpha value is -3.51. The van der Waals surface area contributed by atoms with E-state index in [1.165, 1.54) is 16.3 Å². The highest BCUT2D eigenvalue weighted by Gasteiger charge is 2.17. The van der Waals surface area contributed by atoms with Crippen molar-refractivity contribution in [2.45, 2.75) is 19.5 Å². The Labute approximate surface area is 170 Å². The van der Waals surface area contributed by atoms with Crippen molar-refractivity contribution in [3.63, 3.8) is 0 Å². The van der Waals surface area contributed by atoms with Crippen molar-refractivity contribution in [2.75, 3.05) is 18.1 Å². The first-order valence-corrected chi connectivity index (χ1v) is 9.60. The molecule has 0 aliphatic rings. The molecule has 146 valence electrons. The van der Waals surface area contributed by atoms with Gasteiger partial charge in [0.05, 0.1) is 6.04 Å². The summed E-state index contributed by atoms with van der Waals surface area (Å²) in [5.74, 6) is 1.29. The Morgan fingerprint density at radius 3 is 2.41 bits per heavy atom. The van der Waals surface area contributed by atoms with E-state index in [0.717, 1.165) is 12.2 Å². The number of rotatable bonds is 6. The van der Waals surface area contributed by atoms with Crippen molar-refractivity contribution in [2.24, 2.45) is 0 Å². The Morgan fingerprint density at radius 2 is 1.62 bits per heavy atom. The predicted molar refractivity (Wildman–Crippen MR) is 118 cm³/mol. The van der Waals surface area contributed by atoms with E-state index < -0.39 is 0 Å². The summed E-state index contributed by atoms with van der Waals surface area (Å²) in [6.45, 7) is 2.85. The third-order valence-electron chi connectivity index (χ3n) is 4.98. The smallest absolute Gasteiger partial charge is 0.232 e. The van der Waals surface area contributed by atoms with Crippen molar-refractivity contribution >= 4 is 28.4 Å². The number of anilines is 3. The second kappa shape index (κ2) is 8.24. The largest absolute Gasteiger partial charge is 0.368 e. The van der Waals surface area contributed by atoms with E-state index in [-0.39, 0.29) is 12.0 Å². The van der Waals surface area contributed by atoms with Crippen LogP contribution in [0.5, 0.6) is 0 Å². The number of fused-ring (bicyclic) bond motifs is 1. The molecular formula is C23H24N6. The molecular weight excluding hydrogens is 360 g/mol. The molecule has 3 N–H and O–H groups in total. The lowest BCUT2D eigenvalue weighted by molar-refractivity contribution is 0.244. The summed E-state index contributed by atoms with van der Waals surface area (Å²) in [6.07, 6.45) is 0. The van der Waals surface area contributed by atoms with Crippen LogP contribution in [0.4, 0.5) is 17.6 Å². The number of hydrogen-bond acceptors (Lipinski definition) is 6. The Morgan fingerprint density at radius 1 is 0.897 bits per heavy atom. The van der Waals surface area contributed by atoms with Crippen molar-refractivity contribution in [1.29, 1.82) is 0 Å².